The van der Waals surface area contributed by atoms with E-state index in [0.717, 1.165) is 30.8 Å². The number of benzene rings is 1. The molecule has 0 atom stereocenters. The van der Waals surface area contributed by atoms with Gasteiger partial charge in [-0.25, -0.2) is 0 Å². The van der Waals surface area contributed by atoms with Crippen LogP contribution in [0.15, 0.2) is 24.3 Å². The van der Waals surface area contributed by atoms with Crippen molar-refractivity contribution < 1.29 is 4.79 Å². The van der Waals surface area contributed by atoms with Gasteiger partial charge in [0.25, 0.3) is 5.91 Å². The molecule has 3 N–H and O–H groups in total. The predicted octanol–water partition coefficient (Wildman–Crippen LogP) is 1.74. The van der Waals surface area contributed by atoms with Gasteiger partial charge in [0.15, 0.2) is 0 Å². The van der Waals surface area contributed by atoms with E-state index in [4.69, 9.17) is 5.73 Å². The summed E-state index contributed by atoms with van der Waals surface area (Å²) in [6.45, 7) is 0. The third-order valence-electron chi connectivity index (χ3n) is 3.45. The van der Waals surface area contributed by atoms with E-state index in [1.54, 1.807) is 28.9 Å². The molecule has 0 radical (unpaired) electrons. The molecule has 5 heteroatoms. The summed E-state index contributed by atoms with van der Waals surface area (Å²) in [5.74, 6) is 0.657. The zero-order chi connectivity index (χ0) is 13.4. The van der Waals surface area contributed by atoms with E-state index in [1.807, 2.05) is 7.05 Å². The molecule has 98 valence electrons. The van der Waals surface area contributed by atoms with Crippen LogP contribution >= 0.6 is 0 Å². The molecule has 0 aliphatic heterocycles. The first-order valence-corrected chi connectivity index (χ1v) is 6.37. The minimum absolute atomic E-state index is 0.148. The van der Waals surface area contributed by atoms with Crippen molar-refractivity contribution >= 4 is 17.4 Å². The number of rotatable bonds is 2. The molecule has 1 aliphatic carbocycles. The maximum absolute atomic E-state index is 12.2. The van der Waals surface area contributed by atoms with Gasteiger partial charge in [-0.2, -0.15) is 5.10 Å². The number of nitrogens with one attached hydrogen (secondary N) is 1. The minimum atomic E-state index is -0.148. The number of amides is 1. The van der Waals surface area contributed by atoms with Gasteiger partial charge in [0, 0.05) is 23.9 Å². The molecule has 5 nitrogen and oxygen atoms in total. The number of anilines is 2. The Hall–Kier alpha value is -2.30. The van der Waals surface area contributed by atoms with Crippen molar-refractivity contribution in [3.05, 3.63) is 41.1 Å². The summed E-state index contributed by atoms with van der Waals surface area (Å²) >= 11 is 0. The van der Waals surface area contributed by atoms with E-state index in [2.05, 4.69) is 10.4 Å². The number of hydrogen-bond donors (Lipinski definition) is 2. The Balaban J connectivity index is 1.88. The number of hydrogen-bond acceptors (Lipinski definition) is 3. The molecule has 2 aromatic rings. The average molecular weight is 256 g/mol. The Kier molecular flexibility index (Phi) is 2.74. The fourth-order valence-corrected chi connectivity index (χ4v) is 2.54. The Morgan fingerprint density at radius 1 is 1.42 bits per heavy atom. The van der Waals surface area contributed by atoms with E-state index >= 15 is 0 Å². The molecule has 1 aromatic carbocycles. The first-order chi connectivity index (χ1) is 9.15. The van der Waals surface area contributed by atoms with E-state index in [1.165, 1.54) is 5.56 Å². The molecule has 0 spiro atoms. The molecular formula is C14H16N4O. The molecule has 3 rings (SSSR count). The smallest absolute Gasteiger partial charge is 0.256 e. The van der Waals surface area contributed by atoms with Crippen molar-refractivity contribution in [3.63, 3.8) is 0 Å². The maximum atomic E-state index is 12.2. The van der Waals surface area contributed by atoms with Gasteiger partial charge in [-0.1, -0.05) is 6.07 Å². The number of nitrogens with zero attached hydrogens (tertiary/aromatic N) is 2. The van der Waals surface area contributed by atoms with Crippen molar-refractivity contribution in [2.45, 2.75) is 19.3 Å². The molecule has 0 fully saturated rings. The van der Waals surface area contributed by atoms with Gasteiger partial charge >= 0.3 is 0 Å². The van der Waals surface area contributed by atoms with Crippen LogP contribution in [0.5, 0.6) is 0 Å². The summed E-state index contributed by atoms with van der Waals surface area (Å²) < 4.78 is 1.74. The SMILES string of the molecule is Cn1nc2c(c1NC(=O)c1cccc(N)c1)CCC2. The second-order valence-corrected chi connectivity index (χ2v) is 4.83. The lowest BCUT2D eigenvalue weighted by molar-refractivity contribution is 0.102. The van der Waals surface area contributed by atoms with Gasteiger partial charge in [-0.05, 0) is 37.5 Å². The van der Waals surface area contributed by atoms with Gasteiger partial charge < -0.3 is 11.1 Å². The van der Waals surface area contributed by atoms with E-state index in [9.17, 15) is 4.79 Å². The molecule has 0 saturated heterocycles. The normalized spacial score (nSPS) is 13.3. The lowest BCUT2D eigenvalue weighted by Gasteiger charge is -2.08. The molecule has 0 saturated carbocycles. The first kappa shape index (κ1) is 11.8. The summed E-state index contributed by atoms with van der Waals surface area (Å²) in [5.41, 5.74) is 9.11. The van der Waals surface area contributed by atoms with Crippen molar-refractivity contribution in [3.8, 4) is 0 Å². The van der Waals surface area contributed by atoms with E-state index in [0.29, 0.717) is 11.3 Å². The van der Waals surface area contributed by atoms with Crippen LogP contribution in [0.2, 0.25) is 0 Å². The summed E-state index contributed by atoms with van der Waals surface area (Å²) in [5, 5.41) is 7.37. The number of nitrogens with two attached hydrogens (primary N) is 1. The first-order valence-electron chi connectivity index (χ1n) is 6.37. The molecule has 0 bridgehead atoms. The number of fused-ring (bicyclic) bond motifs is 1. The lowest BCUT2D eigenvalue weighted by atomic mass is 10.2. The van der Waals surface area contributed by atoms with Crippen LogP contribution in [0.25, 0.3) is 0 Å². The van der Waals surface area contributed by atoms with Crippen molar-refractivity contribution in [1.82, 2.24) is 9.78 Å². The highest BCUT2D eigenvalue weighted by atomic mass is 16.1. The summed E-state index contributed by atoms with van der Waals surface area (Å²) in [7, 11) is 1.85. The van der Waals surface area contributed by atoms with Gasteiger partial charge in [-0.3, -0.25) is 9.48 Å². The number of aromatic nitrogens is 2. The third-order valence-corrected chi connectivity index (χ3v) is 3.45. The Labute approximate surface area is 111 Å². The molecular weight excluding hydrogens is 240 g/mol. The van der Waals surface area contributed by atoms with Crippen LogP contribution in [0.3, 0.4) is 0 Å². The molecule has 19 heavy (non-hydrogen) atoms. The van der Waals surface area contributed by atoms with Crippen molar-refractivity contribution in [2.24, 2.45) is 7.05 Å². The number of carbonyl (C=O) groups is 1. The standard InChI is InChI=1S/C14H16N4O/c1-18-13(11-6-3-7-12(11)17-18)16-14(19)9-4-2-5-10(15)8-9/h2,4-5,8H,3,6-7,15H2,1H3,(H,16,19). The second-order valence-electron chi connectivity index (χ2n) is 4.83. The van der Waals surface area contributed by atoms with Gasteiger partial charge in [0.1, 0.15) is 5.82 Å². The largest absolute Gasteiger partial charge is 0.399 e. The monoisotopic (exact) mass is 256 g/mol. The number of aryl methyl sites for hydroxylation is 2. The van der Waals surface area contributed by atoms with Gasteiger partial charge in [0.2, 0.25) is 0 Å². The molecule has 1 heterocycles. The van der Waals surface area contributed by atoms with E-state index < -0.39 is 0 Å². The summed E-state index contributed by atoms with van der Waals surface area (Å²) in [6, 6.07) is 6.96. The zero-order valence-corrected chi connectivity index (χ0v) is 10.8. The van der Waals surface area contributed by atoms with E-state index in [-0.39, 0.29) is 5.91 Å². The highest BCUT2D eigenvalue weighted by Crippen LogP contribution is 2.28. The van der Waals surface area contributed by atoms with Crippen LogP contribution < -0.4 is 11.1 Å². The topological polar surface area (TPSA) is 72.9 Å². The van der Waals surface area contributed by atoms with Crippen LogP contribution in [0.1, 0.15) is 28.0 Å². The number of carbonyl (C=O) groups excluding carboxylic acids is 1. The summed E-state index contributed by atoms with van der Waals surface area (Å²) in [4.78, 5) is 12.2. The minimum Gasteiger partial charge on any atom is -0.399 e. The van der Waals surface area contributed by atoms with Gasteiger partial charge in [-0.15, -0.1) is 0 Å². The van der Waals surface area contributed by atoms with Crippen molar-refractivity contribution in [2.75, 3.05) is 11.1 Å². The van der Waals surface area contributed by atoms with Gasteiger partial charge in [0.05, 0.1) is 5.69 Å². The van der Waals surface area contributed by atoms with Crippen LogP contribution in [0.4, 0.5) is 11.5 Å². The van der Waals surface area contributed by atoms with Crippen LogP contribution in [0, 0.1) is 0 Å². The molecule has 1 amide bonds. The predicted molar refractivity (Wildman–Crippen MR) is 74.0 cm³/mol. The third kappa shape index (κ3) is 2.07. The second kappa shape index (κ2) is 4.42. The number of nitrogen functional groups attached to an aromatic ring is 1. The fraction of sp³-hybridized carbons (Fsp3) is 0.286. The lowest BCUT2D eigenvalue weighted by Crippen LogP contribution is -2.15. The van der Waals surface area contributed by atoms with Crippen LogP contribution in [-0.2, 0) is 19.9 Å². The maximum Gasteiger partial charge on any atom is 0.256 e. The molecule has 0 unspecified atom stereocenters. The average Bonchev–Trinajstić information content (AvgIpc) is 2.93. The highest BCUT2D eigenvalue weighted by molar-refractivity contribution is 6.04. The Morgan fingerprint density at radius 3 is 3.05 bits per heavy atom. The van der Waals surface area contributed by atoms with Crippen molar-refractivity contribution in [1.29, 1.82) is 0 Å². The fourth-order valence-electron chi connectivity index (χ4n) is 2.54. The highest BCUT2D eigenvalue weighted by Gasteiger charge is 2.22. The zero-order valence-electron chi connectivity index (χ0n) is 10.8. The Bertz CT molecular complexity index is 645. The van der Waals surface area contributed by atoms with Crippen LogP contribution in [-0.4, -0.2) is 15.7 Å². The molecule has 1 aliphatic rings. The quantitative estimate of drug-likeness (QED) is 0.804. The molecule has 1 aromatic heterocycles. The Morgan fingerprint density at radius 2 is 2.26 bits per heavy atom. The summed E-state index contributed by atoms with van der Waals surface area (Å²) in [6.07, 6.45) is 3.09.